The van der Waals surface area contributed by atoms with Gasteiger partial charge in [0.2, 0.25) is 0 Å². The first-order valence-corrected chi connectivity index (χ1v) is 5.47. The Labute approximate surface area is 92.2 Å². The van der Waals surface area contributed by atoms with Crippen molar-refractivity contribution in [2.45, 2.75) is 6.42 Å². The van der Waals surface area contributed by atoms with E-state index in [2.05, 4.69) is 57.7 Å². The second-order valence-corrected chi connectivity index (χ2v) is 3.60. The Balaban J connectivity index is 2.20. The standard InChI is InChI=1S/C11H12N2.V/c1-12-7-6-9-8-13-11-5-3-2-4-10(9)11;/h1-5,8,12-13H,6-7H2;. The molecule has 0 radical (unpaired) electrons. The second kappa shape index (κ2) is 4.60. The van der Waals surface area contributed by atoms with Crippen LogP contribution in [0.3, 0.4) is 0 Å². The van der Waals surface area contributed by atoms with Crippen molar-refractivity contribution in [3.63, 3.8) is 0 Å². The van der Waals surface area contributed by atoms with Crippen molar-refractivity contribution in [1.82, 2.24) is 10.3 Å². The molecule has 2 rings (SSSR count). The minimum atomic E-state index is 0.983. The van der Waals surface area contributed by atoms with Gasteiger partial charge >= 0.3 is 92.0 Å². The van der Waals surface area contributed by atoms with Gasteiger partial charge in [-0.15, -0.1) is 0 Å². The Morgan fingerprint density at radius 3 is 3.07 bits per heavy atom. The van der Waals surface area contributed by atoms with Crippen LogP contribution >= 0.6 is 0 Å². The number of H-pyrrole nitrogens is 1. The number of rotatable bonds is 4. The number of nitrogens with one attached hydrogen (secondary N) is 2. The number of hydrogen-bond acceptors (Lipinski definition) is 1. The summed E-state index contributed by atoms with van der Waals surface area (Å²) in [6, 6.07) is 8.40. The molecule has 0 aliphatic carbocycles. The van der Waals surface area contributed by atoms with E-state index in [0.29, 0.717) is 0 Å². The van der Waals surface area contributed by atoms with Gasteiger partial charge in [0, 0.05) is 0 Å². The van der Waals surface area contributed by atoms with E-state index in [1.807, 2.05) is 4.85 Å². The van der Waals surface area contributed by atoms with E-state index in [1.165, 1.54) is 16.5 Å². The van der Waals surface area contributed by atoms with Crippen LogP contribution in [0.15, 0.2) is 30.5 Å². The Kier molecular flexibility index (Phi) is 3.19. The normalized spacial score (nSPS) is 10.5. The van der Waals surface area contributed by atoms with E-state index >= 15 is 0 Å². The van der Waals surface area contributed by atoms with E-state index in [0.717, 1.165) is 13.0 Å². The summed E-state index contributed by atoms with van der Waals surface area (Å²) in [5.41, 5.74) is 2.60. The fourth-order valence-corrected chi connectivity index (χ4v) is 1.81. The zero-order valence-corrected chi connectivity index (χ0v) is 9.22. The van der Waals surface area contributed by atoms with E-state index in [-0.39, 0.29) is 0 Å². The van der Waals surface area contributed by atoms with Gasteiger partial charge in [-0.25, -0.2) is 0 Å². The van der Waals surface area contributed by atoms with Gasteiger partial charge in [-0.05, 0) is 0 Å². The summed E-state index contributed by atoms with van der Waals surface area (Å²) in [6.07, 6.45) is 3.15. The fraction of sp³-hybridized carbons (Fsp3) is 0.182. The van der Waals surface area contributed by atoms with Crippen LogP contribution in [0, 0.1) is 0 Å². The number of para-hydroxylation sites is 1. The molecule has 0 amide bonds. The Bertz CT molecular complexity index is 434. The van der Waals surface area contributed by atoms with Gasteiger partial charge in [0.15, 0.2) is 0 Å². The molecule has 0 unspecified atom stereocenters. The van der Waals surface area contributed by atoms with E-state index < -0.39 is 0 Å². The van der Waals surface area contributed by atoms with Gasteiger partial charge < -0.3 is 0 Å². The summed E-state index contributed by atoms with van der Waals surface area (Å²) in [6.45, 7) is 0.983. The maximum atomic E-state index is 3.27. The molecule has 71 valence electrons. The molecule has 0 bridgehead atoms. The van der Waals surface area contributed by atoms with E-state index in [4.69, 9.17) is 0 Å². The zero-order valence-electron chi connectivity index (χ0n) is 7.83. The number of aromatic nitrogens is 1. The number of aromatic amines is 1. The van der Waals surface area contributed by atoms with Crippen molar-refractivity contribution in [3.8, 4) is 0 Å². The van der Waals surface area contributed by atoms with Crippen LogP contribution in [0.2, 0.25) is 0 Å². The van der Waals surface area contributed by atoms with Crippen LogP contribution in [0.4, 0.5) is 0 Å². The minimum absolute atomic E-state index is 0.983. The third-order valence-electron chi connectivity index (χ3n) is 2.30. The summed E-state index contributed by atoms with van der Waals surface area (Å²) >= 11 is 2.41. The monoisotopic (exact) mass is 223 g/mol. The van der Waals surface area contributed by atoms with Crippen molar-refractivity contribution < 1.29 is 17.0 Å². The number of fused-ring (bicyclic) bond motifs is 1. The van der Waals surface area contributed by atoms with Crippen LogP contribution < -0.4 is 5.32 Å². The topological polar surface area (TPSA) is 27.8 Å². The van der Waals surface area contributed by atoms with Crippen LogP contribution in [0.5, 0.6) is 0 Å². The average molecular weight is 223 g/mol. The average Bonchev–Trinajstić information content (AvgIpc) is 2.63. The molecule has 0 atom stereocenters. The van der Waals surface area contributed by atoms with Crippen molar-refractivity contribution in [2.75, 3.05) is 6.54 Å². The van der Waals surface area contributed by atoms with Gasteiger partial charge in [-0.2, -0.15) is 0 Å². The summed E-state index contributed by atoms with van der Waals surface area (Å²) in [7, 11) is 0. The van der Waals surface area contributed by atoms with Crippen molar-refractivity contribution in [3.05, 3.63) is 36.0 Å². The summed E-state index contributed by atoms with van der Waals surface area (Å²) in [4.78, 5) is 5.19. The van der Waals surface area contributed by atoms with Crippen LogP contribution in [-0.2, 0) is 23.4 Å². The van der Waals surface area contributed by atoms with Crippen LogP contribution in [0.1, 0.15) is 5.56 Å². The van der Waals surface area contributed by atoms with Crippen molar-refractivity contribution in [2.24, 2.45) is 0 Å². The quantitative estimate of drug-likeness (QED) is 0.757. The molecule has 0 aliphatic rings. The summed E-state index contributed by atoms with van der Waals surface area (Å²) in [5, 5.41) is 4.52. The Hall–Kier alpha value is -0.826. The maximum absolute atomic E-state index is 3.27. The predicted octanol–water partition coefficient (Wildman–Crippen LogP) is 1.61. The molecule has 1 aromatic carbocycles. The van der Waals surface area contributed by atoms with Crippen molar-refractivity contribution in [1.29, 1.82) is 0 Å². The molecule has 2 nitrogen and oxygen atoms in total. The zero-order chi connectivity index (χ0) is 9.80. The molecule has 0 saturated heterocycles. The molecular weight excluding hydrogens is 211 g/mol. The molecule has 0 aliphatic heterocycles. The molecule has 0 fully saturated rings. The van der Waals surface area contributed by atoms with E-state index in [1.54, 1.807) is 0 Å². The van der Waals surface area contributed by atoms with Gasteiger partial charge in [0.05, 0.1) is 0 Å². The second-order valence-electron chi connectivity index (χ2n) is 3.19. The fourth-order valence-electron chi connectivity index (χ4n) is 1.61. The molecule has 1 aromatic heterocycles. The first kappa shape index (κ1) is 9.72. The first-order valence-electron chi connectivity index (χ1n) is 4.66. The third-order valence-corrected chi connectivity index (χ3v) is 2.59. The molecule has 2 aromatic rings. The molecule has 3 heteroatoms. The van der Waals surface area contributed by atoms with Crippen LogP contribution in [0.25, 0.3) is 10.9 Å². The van der Waals surface area contributed by atoms with Gasteiger partial charge in [0.25, 0.3) is 0 Å². The van der Waals surface area contributed by atoms with Gasteiger partial charge in [0.1, 0.15) is 0 Å². The SMILES string of the molecule is [V]=[CH]NCCc1c[nH]c2ccccc12. The summed E-state index contributed by atoms with van der Waals surface area (Å²) in [5.74, 6) is 0. The number of hydrogen-bond donors (Lipinski definition) is 2. The first-order chi connectivity index (χ1) is 6.92. The van der Waals surface area contributed by atoms with Crippen molar-refractivity contribution >= 4 is 15.8 Å². The van der Waals surface area contributed by atoms with Gasteiger partial charge in [-0.3, -0.25) is 0 Å². The molecule has 0 spiro atoms. The van der Waals surface area contributed by atoms with Crippen LogP contribution in [-0.4, -0.2) is 16.4 Å². The molecule has 1 heterocycles. The predicted molar refractivity (Wildman–Crippen MR) is 56.1 cm³/mol. The molecular formula is C11H12N2V. The summed E-state index contributed by atoms with van der Waals surface area (Å²) < 4.78 is 0. The molecule has 2 N–H and O–H groups in total. The Morgan fingerprint density at radius 2 is 2.21 bits per heavy atom. The van der Waals surface area contributed by atoms with E-state index in [9.17, 15) is 0 Å². The number of benzene rings is 1. The molecule has 0 saturated carbocycles. The third kappa shape index (κ3) is 1.98. The molecule has 14 heavy (non-hydrogen) atoms. The van der Waals surface area contributed by atoms with Gasteiger partial charge in [-0.1, -0.05) is 0 Å². The Morgan fingerprint density at radius 1 is 1.36 bits per heavy atom.